The van der Waals surface area contributed by atoms with Gasteiger partial charge in [0.25, 0.3) is 0 Å². The van der Waals surface area contributed by atoms with E-state index in [0.717, 1.165) is 28.9 Å². The van der Waals surface area contributed by atoms with Crippen LogP contribution in [-0.2, 0) is 6.42 Å². The number of fused-ring (bicyclic) bond motifs is 1. The van der Waals surface area contributed by atoms with Gasteiger partial charge in [-0.05, 0) is 29.2 Å². The first-order valence-electron chi connectivity index (χ1n) is 8.38. The van der Waals surface area contributed by atoms with Crippen molar-refractivity contribution in [2.45, 2.75) is 26.3 Å². The van der Waals surface area contributed by atoms with E-state index < -0.39 is 6.09 Å². The summed E-state index contributed by atoms with van der Waals surface area (Å²) in [7, 11) is 0. The molecule has 0 bridgehead atoms. The summed E-state index contributed by atoms with van der Waals surface area (Å²) in [6, 6.07) is 13.9. The monoisotopic (exact) mass is 337 g/mol. The number of hydrogen-bond donors (Lipinski definition) is 2. The summed E-state index contributed by atoms with van der Waals surface area (Å²) in [5, 5.41) is 11.8. The van der Waals surface area contributed by atoms with Gasteiger partial charge in [0.15, 0.2) is 0 Å². The van der Waals surface area contributed by atoms with Gasteiger partial charge in [0.2, 0.25) is 0 Å². The summed E-state index contributed by atoms with van der Waals surface area (Å²) in [5.41, 5.74) is 3.97. The average Bonchev–Trinajstić information content (AvgIpc) is 2.58. The van der Waals surface area contributed by atoms with E-state index in [1.807, 2.05) is 50.3 Å². The molecule has 0 aromatic heterocycles. The van der Waals surface area contributed by atoms with Crippen LogP contribution in [0.1, 0.15) is 31.0 Å². The van der Waals surface area contributed by atoms with Crippen molar-refractivity contribution in [2.75, 3.05) is 6.61 Å². The Hall–Kier alpha value is -2.75. The lowest BCUT2D eigenvalue weighted by atomic mass is 9.78. The molecule has 130 valence electrons. The maximum atomic E-state index is 11.2. The Balaban J connectivity index is 2.04. The fourth-order valence-electron chi connectivity index (χ4n) is 3.37. The van der Waals surface area contributed by atoms with Crippen molar-refractivity contribution in [3.8, 4) is 16.9 Å². The van der Waals surface area contributed by atoms with Crippen LogP contribution in [0.5, 0.6) is 5.75 Å². The van der Waals surface area contributed by atoms with Gasteiger partial charge in [-0.1, -0.05) is 56.3 Å². The van der Waals surface area contributed by atoms with E-state index in [4.69, 9.17) is 4.74 Å². The highest BCUT2D eigenvalue weighted by Gasteiger charge is 2.38. The molecule has 1 aliphatic rings. The second kappa shape index (κ2) is 6.63. The zero-order chi connectivity index (χ0) is 18.0. The van der Waals surface area contributed by atoms with Gasteiger partial charge in [0, 0.05) is 11.0 Å². The van der Waals surface area contributed by atoms with Gasteiger partial charge >= 0.3 is 6.09 Å². The Bertz CT molecular complexity index is 811. The van der Waals surface area contributed by atoms with E-state index >= 15 is 0 Å². The number of hydrogen-bond acceptors (Lipinski definition) is 2. The van der Waals surface area contributed by atoms with Gasteiger partial charge in [-0.2, -0.15) is 0 Å². The van der Waals surface area contributed by atoms with E-state index in [2.05, 4.69) is 24.0 Å². The molecule has 0 aliphatic carbocycles. The molecule has 2 aromatic carbocycles. The fourth-order valence-corrected chi connectivity index (χ4v) is 3.37. The standard InChI is InChI=1S/C21H23NO3/c1-4-7-14-8-5-6-9-16(14)15-10-11-17-18(12-15)25-13-21(2,3)19(17)22-20(23)24/h4-6,8-12,19,22H,1,7,13H2,2-3H3,(H,23,24). The molecule has 0 saturated carbocycles. The van der Waals surface area contributed by atoms with Gasteiger partial charge in [-0.25, -0.2) is 4.79 Å². The van der Waals surface area contributed by atoms with Crippen LogP contribution in [0.25, 0.3) is 11.1 Å². The molecule has 0 saturated heterocycles. The first kappa shape index (κ1) is 17.1. The fraction of sp³-hybridized carbons (Fsp3) is 0.286. The minimum Gasteiger partial charge on any atom is -0.493 e. The summed E-state index contributed by atoms with van der Waals surface area (Å²) in [4.78, 5) is 11.2. The summed E-state index contributed by atoms with van der Waals surface area (Å²) < 4.78 is 5.96. The van der Waals surface area contributed by atoms with Crippen LogP contribution in [0.15, 0.2) is 55.1 Å². The van der Waals surface area contributed by atoms with Gasteiger partial charge in [0.05, 0.1) is 12.6 Å². The maximum Gasteiger partial charge on any atom is 0.405 e. The summed E-state index contributed by atoms with van der Waals surface area (Å²) in [6.07, 6.45) is 1.67. The smallest absolute Gasteiger partial charge is 0.405 e. The third-order valence-corrected chi connectivity index (χ3v) is 4.67. The first-order chi connectivity index (χ1) is 11.9. The van der Waals surface area contributed by atoms with Crippen molar-refractivity contribution in [2.24, 2.45) is 5.41 Å². The van der Waals surface area contributed by atoms with Crippen LogP contribution in [0.4, 0.5) is 4.79 Å². The molecule has 0 spiro atoms. The van der Waals surface area contributed by atoms with Crippen LogP contribution in [0.2, 0.25) is 0 Å². The molecule has 0 radical (unpaired) electrons. The number of benzene rings is 2. The van der Waals surface area contributed by atoms with Crippen molar-refractivity contribution < 1.29 is 14.6 Å². The number of amides is 1. The Morgan fingerprint density at radius 2 is 2.12 bits per heavy atom. The van der Waals surface area contributed by atoms with Crippen molar-refractivity contribution in [3.63, 3.8) is 0 Å². The lowest BCUT2D eigenvalue weighted by Crippen LogP contribution is -2.43. The number of ether oxygens (including phenoxy) is 1. The van der Waals surface area contributed by atoms with Crippen molar-refractivity contribution in [1.29, 1.82) is 0 Å². The summed E-state index contributed by atoms with van der Waals surface area (Å²) >= 11 is 0. The topological polar surface area (TPSA) is 58.6 Å². The van der Waals surface area contributed by atoms with Gasteiger partial charge in [-0.3, -0.25) is 0 Å². The van der Waals surface area contributed by atoms with Crippen LogP contribution >= 0.6 is 0 Å². The molecule has 0 fully saturated rings. The number of nitrogens with one attached hydrogen (secondary N) is 1. The molecule has 1 amide bonds. The Labute approximate surface area is 148 Å². The van der Waals surface area contributed by atoms with Gasteiger partial charge < -0.3 is 15.2 Å². The molecular formula is C21H23NO3. The Morgan fingerprint density at radius 3 is 2.84 bits per heavy atom. The molecule has 3 rings (SSSR count). The first-order valence-corrected chi connectivity index (χ1v) is 8.38. The minimum absolute atomic E-state index is 0.300. The molecule has 4 nitrogen and oxygen atoms in total. The third-order valence-electron chi connectivity index (χ3n) is 4.67. The zero-order valence-corrected chi connectivity index (χ0v) is 14.6. The second-order valence-corrected chi connectivity index (χ2v) is 7.06. The van der Waals surface area contributed by atoms with Gasteiger partial charge in [-0.15, -0.1) is 6.58 Å². The summed E-state index contributed by atoms with van der Waals surface area (Å²) in [6.45, 7) is 8.29. The highest BCUT2D eigenvalue weighted by Crippen LogP contribution is 2.44. The molecule has 1 atom stereocenters. The number of rotatable bonds is 4. The Morgan fingerprint density at radius 1 is 1.36 bits per heavy atom. The normalized spacial score (nSPS) is 17.9. The third kappa shape index (κ3) is 3.38. The largest absolute Gasteiger partial charge is 0.493 e. The predicted molar refractivity (Wildman–Crippen MR) is 99.0 cm³/mol. The lowest BCUT2D eigenvalue weighted by molar-refractivity contribution is 0.0996. The van der Waals surface area contributed by atoms with Crippen molar-refractivity contribution in [1.82, 2.24) is 5.32 Å². The van der Waals surface area contributed by atoms with E-state index in [9.17, 15) is 9.90 Å². The second-order valence-electron chi connectivity index (χ2n) is 7.06. The minimum atomic E-state index is -1.02. The Kier molecular flexibility index (Phi) is 4.53. The van der Waals surface area contributed by atoms with E-state index in [0.29, 0.717) is 6.61 Å². The van der Waals surface area contributed by atoms with Crippen LogP contribution in [0.3, 0.4) is 0 Å². The number of carboxylic acid groups (broad SMARTS) is 1. The lowest BCUT2D eigenvalue weighted by Gasteiger charge is -2.39. The highest BCUT2D eigenvalue weighted by molar-refractivity contribution is 5.71. The van der Waals surface area contributed by atoms with E-state index in [-0.39, 0.29) is 11.5 Å². The molecule has 25 heavy (non-hydrogen) atoms. The SMILES string of the molecule is C=CCc1ccccc1-c1ccc2c(c1)OCC(C)(C)C2NC(=O)O. The van der Waals surface area contributed by atoms with Crippen molar-refractivity contribution >= 4 is 6.09 Å². The average molecular weight is 337 g/mol. The van der Waals surface area contributed by atoms with E-state index in [1.54, 1.807) is 0 Å². The molecule has 2 aromatic rings. The van der Waals surface area contributed by atoms with E-state index in [1.165, 1.54) is 5.56 Å². The molecular weight excluding hydrogens is 314 g/mol. The maximum absolute atomic E-state index is 11.2. The number of allylic oxidation sites excluding steroid dienone is 1. The highest BCUT2D eigenvalue weighted by atomic mass is 16.5. The molecule has 4 heteroatoms. The van der Waals surface area contributed by atoms with Crippen LogP contribution < -0.4 is 10.1 Å². The molecule has 1 unspecified atom stereocenters. The molecule has 2 N–H and O–H groups in total. The molecule has 1 heterocycles. The quantitative estimate of drug-likeness (QED) is 0.787. The van der Waals surface area contributed by atoms with Gasteiger partial charge in [0.1, 0.15) is 5.75 Å². The number of carbonyl (C=O) groups is 1. The molecule has 1 aliphatic heterocycles. The predicted octanol–water partition coefficient (Wildman–Crippen LogP) is 4.81. The van der Waals surface area contributed by atoms with Crippen LogP contribution in [-0.4, -0.2) is 17.8 Å². The summed E-state index contributed by atoms with van der Waals surface area (Å²) in [5.74, 6) is 0.740. The van der Waals surface area contributed by atoms with Crippen LogP contribution in [0, 0.1) is 5.41 Å². The zero-order valence-electron chi connectivity index (χ0n) is 14.6. The van der Waals surface area contributed by atoms with Crippen molar-refractivity contribution in [3.05, 3.63) is 66.2 Å².